The number of furan rings is 1. The van der Waals surface area contributed by atoms with Crippen LogP contribution in [0.2, 0.25) is 0 Å². The summed E-state index contributed by atoms with van der Waals surface area (Å²) in [5.41, 5.74) is 1.94. The summed E-state index contributed by atoms with van der Waals surface area (Å²) in [6.45, 7) is 2.23. The van der Waals surface area contributed by atoms with Gasteiger partial charge < -0.3 is 19.7 Å². The number of benzene rings is 1. The lowest BCUT2D eigenvalue weighted by molar-refractivity contribution is -0.142. The lowest BCUT2D eigenvalue weighted by Crippen LogP contribution is -2.55. The minimum Gasteiger partial charge on any atom is -0.480 e. The first-order valence-corrected chi connectivity index (χ1v) is 9.45. The van der Waals surface area contributed by atoms with Crippen LogP contribution in [0.1, 0.15) is 47.9 Å². The standard InChI is InChI=1S/C21H24N2O5/c1-2-3-9-16(21(26)27)22-19(24)17-12-14-7-4-5-8-15(14)13-23(17)20(25)18-10-6-11-28-18/h4-8,10-11,16-17H,2-3,9,12-13H2,1H3,(H,22,24)(H,26,27). The van der Waals surface area contributed by atoms with Gasteiger partial charge in [0, 0.05) is 13.0 Å². The predicted octanol–water partition coefficient (Wildman–Crippen LogP) is 2.61. The Kier molecular flexibility index (Phi) is 6.13. The molecular formula is C21H24N2O5. The van der Waals surface area contributed by atoms with Crippen molar-refractivity contribution in [3.8, 4) is 0 Å². The Balaban J connectivity index is 1.85. The summed E-state index contributed by atoms with van der Waals surface area (Å²) in [7, 11) is 0. The Morgan fingerprint density at radius 2 is 1.96 bits per heavy atom. The molecule has 148 valence electrons. The zero-order chi connectivity index (χ0) is 20.1. The van der Waals surface area contributed by atoms with Crippen molar-refractivity contribution in [2.45, 2.75) is 51.2 Å². The number of nitrogens with one attached hydrogen (secondary N) is 1. The number of carbonyl (C=O) groups is 3. The highest BCUT2D eigenvalue weighted by atomic mass is 16.4. The van der Waals surface area contributed by atoms with Crippen LogP contribution < -0.4 is 5.32 Å². The smallest absolute Gasteiger partial charge is 0.326 e. The van der Waals surface area contributed by atoms with Crippen molar-refractivity contribution in [2.75, 3.05) is 0 Å². The van der Waals surface area contributed by atoms with Crippen LogP contribution in [0.25, 0.3) is 0 Å². The molecule has 7 nitrogen and oxygen atoms in total. The third-order valence-corrected chi connectivity index (χ3v) is 5.00. The maximum atomic E-state index is 13.0. The first-order valence-electron chi connectivity index (χ1n) is 9.45. The van der Waals surface area contributed by atoms with Crippen LogP contribution in [0, 0.1) is 0 Å². The Hall–Kier alpha value is -3.09. The summed E-state index contributed by atoms with van der Waals surface area (Å²) in [6.07, 6.45) is 3.62. The molecule has 0 aliphatic carbocycles. The highest BCUT2D eigenvalue weighted by Crippen LogP contribution is 2.25. The van der Waals surface area contributed by atoms with E-state index in [4.69, 9.17) is 4.42 Å². The van der Waals surface area contributed by atoms with Gasteiger partial charge in [-0.25, -0.2) is 4.79 Å². The predicted molar refractivity (Wildman–Crippen MR) is 102 cm³/mol. The van der Waals surface area contributed by atoms with Gasteiger partial charge in [0.15, 0.2) is 5.76 Å². The van der Waals surface area contributed by atoms with Gasteiger partial charge in [0.25, 0.3) is 5.91 Å². The second kappa shape index (κ2) is 8.73. The van der Waals surface area contributed by atoms with E-state index in [-0.39, 0.29) is 18.2 Å². The fourth-order valence-corrected chi connectivity index (χ4v) is 3.45. The van der Waals surface area contributed by atoms with Gasteiger partial charge in [0.1, 0.15) is 12.1 Å². The molecule has 0 saturated heterocycles. The molecule has 0 saturated carbocycles. The molecule has 0 bridgehead atoms. The molecule has 2 aromatic rings. The minimum atomic E-state index is -1.07. The number of nitrogens with zero attached hydrogens (tertiary/aromatic N) is 1. The maximum absolute atomic E-state index is 13.0. The second-order valence-electron chi connectivity index (χ2n) is 6.94. The molecule has 0 spiro atoms. The van der Waals surface area contributed by atoms with E-state index in [1.54, 1.807) is 12.1 Å². The molecule has 0 fully saturated rings. The molecule has 3 rings (SSSR count). The normalized spacial score (nSPS) is 16.9. The van der Waals surface area contributed by atoms with E-state index in [1.807, 2.05) is 31.2 Å². The number of amides is 2. The van der Waals surface area contributed by atoms with E-state index in [1.165, 1.54) is 11.2 Å². The average molecular weight is 384 g/mol. The van der Waals surface area contributed by atoms with Gasteiger partial charge in [-0.3, -0.25) is 9.59 Å². The molecule has 1 aromatic heterocycles. The van der Waals surface area contributed by atoms with E-state index in [0.29, 0.717) is 19.3 Å². The third-order valence-electron chi connectivity index (χ3n) is 5.00. The molecule has 2 unspecified atom stereocenters. The average Bonchev–Trinajstić information content (AvgIpc) is 3.24. The topological polar surface area (TPSA) is 99.9 Å². The second-order valence-corrected chi connectivity index (χ2v) is 6.94. The highest BCUT2D eigenvalue weighted by Gasteiger charge is 2.37. The summed E-state index contributed by atoms with van der Waals surface area (Å²) < 4.78 is 5.22. The van der Waals surface area contributed by atoms with Gasteiger partial charge in [-0.1, -0.05) is 44.0 Å². The number of carboxylic acid groups (broad SMARTS) is 1. The molecule has 2 atom stereocenters. The molecule has 2 amide bonds. The number of hydrogen-bond donors (Lipinski definition) is 2. The number of unbranched alkanes of at least 4 members (excludes halogenated alkanes) is 1. The van der Waals surface area contributed by atoms with Crippen molar-refractivity contribution in [2.24, 2.45) is 0 Å². The molecule has 1 aliphatic rings. The monoisotopic (exact) mass is 384 g/mol. The lowest BCUT2D eigenvalue weighted by atomic mass is 9.93. The van der Waals surface area contributed by atoms with E-state index >= 15 is 0 Å². The Morgan fingerprint density at radius 1 is 1.21 bits per heavy atom. The Morgan fingerprint density at radius 3 is 2.61 bits per heavy atom. The van der Waals surface area contributed by atoms with Crippen molar-refractivity contribution < 1.29 is 23.9 Å². The maximum Gasteiger partial charge on any atom is 0.326 e. The van der Waals surface area contributed by atoms with Crippen LogP contribution in [0.15, 0.2) is 47.1 Å². The number of carboxylic acids is 1. The summed E-state index contributed by atoms with van der Waals surface area (Å²) in [5.74, 6) is -1.77. The summed E-state index contributed by atoms with van der Waals surface area (Å²) >= 11 is 0. The van der Waals surface area contributed by atoms with Crippen LogP contribution >= 0.6 is 0 Å². The van der Waals surface area contributed by atoms with Gasteiger partial charge in [-0.05, 0) is 29.7 Å². The molecule has 28 heavy (non-hydrogen) atoms. The molecule has 1 aromatic carbocycles. The van der Waals surface area contributed by atoms with E-state index in [0.717, 1.165) is 17.5 Å². The van der Waals surface area contributed by atoms with Crippen LogP contribution in [0.3, 0.4) is 0 Å². The van der Waals surface area contributed by atoms with Crippen molar-refractivity contribution in [3.63, 3.8) is 0 Å². The number of rotatable bonds is 7. The number of carbonyl (C=O) groups excluding carboxylic acids is 2. The minimum absolute atomic E-state index is 0.151. The summed E-state index contributed by atoms with van der Waals surface area (Å²) in [6, 6.07) is 9.04. The zero-order valence-corrected chi connectivity index (χ0v) is 15.8. The third kappa shape index (κ3) is 4.24. The number of hydrogen-bond acceptors (Lipinski definition) is 4. The van der Waals surface area contributed by atoms with E-state index in [9.17, 15) is 19.5 Å². The first-order chi connectivity index (χ1) is 13.5. The lowest BCUT2D eigenvalue weighted by Gasteiger charge is -2.36. The van der Waals surface area contributed by atoms with E-state index < -0.39 is 24.0 Å². The van der Waals surface area contributed by atoms with Crippen molar-refractivity contribution >= 4 is 17.8 Å². The number of fused-ring (bicyclic) bond motifs is 1. The molecule has 2 heterocycles. The quantitative estimate of drug-likeness (QED) is 0.764. The van der Waals surface area contributed by atoms with Crippen LogP contribution in [0.5, 0.6) is 0 Å². The fourth-order valence-electron chi connectivity index (χ4n) is 3.45. The van der Waals surface area contributed by atoms with Gasteiger partial charge in [0.2, 0.25) is 5.91 Å². The Labute approximate surface area is 163 Å². The molecule has 2 N–H and O–H groups in total. The van der Waals surface area contributed by atoms with Crippen LogP contribution in [-0.2, 0) is 22.6 Å². The largest absolute Gasteiger partial charge is 0.480 e. The fraction of sp³-hybridized carbons (Fsp3) is 0.381. The molecule has 1 aliphatic heterocycles. The van der Waals surface area contributed by atoms with Crippen LogP contribution in [-0.4, -0.2) is 39.9 Å². The van der Waals surface area contributed by atoms with Crippen molar-refractivity contribution in [1.82, 2.24) is 10.2 Å². The van der Waals surface area contributed by atoms with Gasteiger partial charge in [-0.15, -0.1) is 0 Å². The van der Waals surface area contributed by atoms with Crippen LogP contribution in [0.4, 0.5) is 0 Å². The summed E-state index contributed by atoms with van der Waals surface area (Å²) in [4.78, 5) is 38.9. The van der Waals surface area contributed by atoms with Crippen molar-refractivity contribution in [3.05, 3.63) is 59.5 Å². The SMILES string of the molecule is CCCCC(NC(=O)C1Cc2ccccc2CN1C(=O)c1ccco1)C(=O)O. The highest BCUT2D eigenvalue weighted by molar-refractivity contribution is 5.96. The molecule has 0 radical (unpaired) electrons. The van der Waals surface area contributed by atoms with E-state index in [2.05, 4.69) is 5.32 Å². The Bertz CT molecular complexity index is 846. The van der Waals surface area contributed by atoms with Crippen molar-refractivity contribution in [1.29, 1.82) is 0 Å². The molecular weight excluding hydrogens is 360 g/mol. The zero-order valence-electron chi connectivity index (χ0n) is 15.8. The first kappa shape index (κ1) is 19.7. The van der Waals surface area contributed by atoms with Gasteiger partial charge in [-0.2, -0.15) is 0 Å². The number of aliphatic carboxylic acids is 1. The van der Waals surface area contributed by atoms with Gasteiger partial charge in [0.05, 0.1) is 6.26 Å². The van der Waals surface area contributed by atoms with Gasteiger partial charge >= 0.3 is 5.97 Å². The summed E-state index contributed by atoms with van der Waals surface area (Å²) in [5, 5.41) is 12.0. The molecule has 7 heteroatoms.